The molecule has 1 aromatic rings. The zero-order valence-corrected chi connectivity index (χ0v) is 8.42. The van der Waals surface area contributed by atoms with Crippen molar-refractivity contribution in [3.63, 3.8) is 0 Å². The number of halogens is 3. The predicted molar refractivity (Wildman–Crippen MR) is 51.0 cm³/mol. The van der Waals surface area contributed by atoms with E-state index in [2.05, 4.69) is 4.98 Å². The van der Waals surface area contributed by atoms with E-state index < -0.39 is 12.0 Å². The second kappa shape index (κ2) is 3.83. The van der Waals surface area contributed by atoms with E-state index in [1.165, 1.54) is 0 Å². The van der Waals surface area contributed by atoms with E-state index in [0.717, 1.165) is 6.20 Å². The summed E-state index contributed by atoms with van der Waals surface area (Å²) < 4.78 is 25.0. The molecule has 1 aromatic heterocycles. The standard InChI is InChI=1S/C7H4F2IN3/c8-6(9)5-3(1-11)7(10)13-2-4(5)12/h2,6H,12H2. The van der Waals surface area contributed by atoms with Crippen LogP contribution < -0.4 is 5.73 Å². The van der Waals surface area contributed by atoms with Crippen LogP contribution in [-0.2, 0) is 0 Å². The van der Waals surface area contributed by atoms with Crippen molar-refractivity contribution in [2.45, 2.75) is 6.43 Å². The van der Waals surface area contributed by atoms with E-state index in [9.17, 15) is 8.78 Å². The molecule has 13 heavy (non-hydrogen) atoms. The number of nitriles is 1. The highest BCUT2D eigenvalue weighted by molar-refractivity contribution is 14.1. The number of nitrogen functional groups attached to an aromatic ring is 1. The van der Waals surface area contributed by atoms with Gasteiger partial charge in [0.1, 0.15) is 9.77 Å². The molecule has 68 valence electrons. The Kier molecular flexibility index (Phi) is 2.98. The summed E-state index contributed by atoms with van der Waals surface area (Å²) in [4.78, 5) is 3.70. The van der Waals surface area contributed by atoms with Gasteiger partial charge in [-0.1, -0.05) is 0 Å². The van der Waals surface area contributed by atoms with Crippen molar-refractivity contribution >= 4 is 28.3 Å². The molecule has 0 aromatic carbocycles. The second-order valence-corrected chi connectivity index (χ2v) is 3.23. The molecular formula is C7H4F2IN3. The number of pyridine rings is 1. The van der Waals surface area contributed by atoms with Crippen LogP contribution in [0.2, 0.25) is 0 Å². The third kappa shape index (κ3) is 1.85. The summed E-state index contributed by atoms with van der Waals surface area (Å²) in [6, 6.07) is 1.66. The van der Waals surface area contributed by atoms with Gasteiger partial charge in [0.15, 0.2) is 0 Å². The van der Waals surface area contributed by atoms with Crippen LogP contribution in [-0.4, -0.2) is 4.98 Å². The smallest absolute Gasteiger partial charge is 0.267 e. The normalized spacial score (nSPS) is 10.1. The summed E-state index contributed by atoms with van der Waals surface area (Å²) in [6.45, 7) is 0. The van der Waals surface area contributed by atoms with Gasteiger partial charge in [-0.05, 0) is 22.6 Å². The van der Waals surface area contributed by atoms with Crippen molar-refractivity contribution in [3.8, 4) is 6.07 Å². The van der Waals surface area contributed by atoms with Crippen LogP contribution in [0.4, 0.5) is 14.5 Å². The first kappa shape index (κ1) is 10.1. The molecule has 1 rings (SSSR count). The number of hydrogen-bond acceptors (Lipinski definition) is 3. The molecule has 2 N–H and O–H groups in total. The van der Waals surface area contributed by atoms with Crippen molar-refractivity contribution in [2.24, 2.45) is 0 Å². The maximum atomic E-state index is 12.4. The fraction of sp³-hybridized carbons (Fsp3) is 0.143. The number of anilines is 1. The van der Waals surface area contributed by atoms with Crippen LogP contribution in [0.25, 0.3) is 0 Å². The van der Waals surface area contributed by atoms with Crippen LogP contribution in [0.5, 0.6) is 0 Å². The number of rotatable bonds is 1. The molecule has 0 amide bonds. The van der Waals surface area contributed by atoms with E-state index in [-0.39, 0.29) is 15.0 Å². The fourth-order valence-corrected chi connectivity index (χ4v) is 1.41. The minimum absolute atomic E-state index is 0.143. The lowest BCUT2D eigenvalue weighted by Crippen LogP contribution is -2.02. The van der Waals surface area contributed by atoms with E-state index in [4.69, 9.17) is 11.0 Å². The molecular weight excluding hydrogens is 291 g/mol. The number of nitrogens with two attached hydrogens (primary N) is 1. The Bertz CT molecular complexity index is 373. The highest BCUT2D eigenvalue weighted by atomic mass is 127. The van der Waals surface area contributed by atoms with Gasteiger partial charge in [0.2, 0.25) is 0 Å². The zero-order chi connectivity index (χ0) is 10.0. The van der Waals surface area contributed by atoms with E-state index in [1.807, 2.05) is 0 Å². The van der Waals surface area contributed by atoms with Crippen molar-refractivity contribution in [2.75, 3.05) is 5.73 Å². The van der Waals surface area contributed by atoms with Gasteiger partial charge in [-0.2, -0.15) is 5.26 Å². The predicted octanol–water partition coefficient (Wildman–Crippen LogP) is 2.08. The van der Waals surface area contributed by atoms with E-state index >= 15 is 0 Å². The van der Waals surface area contributed by atoms with Gasteiger partial charge in [0.05, 0.1) is 23.0 Å². The van der Waals surface area contributed by atoms with E-state index in [0.29, 0.717) is 0 Å². The van der Waals surface area contributed by atoms with Gasteiger partial charge in [0.25, 0.3) is 6.43 Å². The lowest BCUT2D eigenvalue weighted by molar-refractivity contribution is 0.151. The van der Waals surface area contributed by atoms with Crippen molar-refractivity contribution in [1.29, 1.82) is 5.26 Å². The molecule has 0 spiro atoms. The van der Waals surface area contributed by atoms with Gasteiger partial charge in [-0.3, -0.25) is 0 Å². The van der Waals surface area contributed by atoms with Gasteiger partial charge >= 0.3 is 0 Å². The third-order valence-corrected chi connectivity index (χ3v) is 2.25. The van der Waals surface area contributed by atoms with Crippen molar-refractivity contribution in [3.05, 3.63) is 21.0 Å². The van der Waals surface area contributed by atoms with Crippen molar-refractivity contribution < 1.29 is 8.78 Å². The Morgan fingerprint density at radius 1 is 1.62 bits per heavy atom. The van der Waals surface area contributed by atoms with Crippen LogP contribution in [0, 0.1) is 15.0 Å². The monoisotopic (exact) mass is 295 g/mol. The Morgan fingerprint density at radius 3 is 2.62 bits per heavy atom. The molecule has 0 atom stereocenters. The topological polar surface area (TPSA) is 62.7 Å². The average Bonchev–Trinajstić information content (AvgIpc) is 2.07. The SMILES string of the molecule is N#Cc1c(I)ncc(N)c1C(F)F. The molecule has 1 heterocycles. The van der Waals surface area contributed by atoms with Crippen LogP contribution >= 0.6 is 22.6 Å². The molecule has 3 nitrogen and oxygen atoms in total. The highest BCUT2D eigenvalue weighted by Gasteiger charge is 2.19. The summed E-state index contributed by atoms with van der Waals surface area (Å²) >= 11 is 1.71. The van der Waals surface area contributed by atoms with Crippen LogP contribution in [0.1, 0.15) is 17.6 Å². The second-order valence-electron chi connectivity index (χ2n) is 2.21. The number of aromatic nitrogens is 1. The third-order valence-electron chi connectivity index (χ3n) is 1.43. The summed E-state index contributed by atoms with van der Waals surface area (Å²) in [7, 11) is 0. The van der Waals surface area contributed by atoms with Gasteiger partial charge < -0.3 is 5.73 Å². The maximum absolute atomic E-state index is 12.4. The molecule has 0 aliphatic carbocycles. The van der Waals surface area contributed by atoms with Crippen LogP contribution in [0.3, 0.4) is 0 Å². The first-order valence-electron chi connectivity index (χ1n) is 3.20. The fourth-order valence-electron chi connectivity index (χ4n) is 0.857. The minimum atomic E-state index is -2.74. The molecule has 0 aliphatic rings. The Morgan fingerprint density at radius 2 is 2.23 bits per heavy atom. The molecule has 6 heteroatoms. The first-order chi connectivity index (χ1) is 6.07. The minimum Gasteiger partial charge on any atom is -0.397 e. The Balaban J connectivity index is 3.46. The first-order valence-corrected chi connectivity index (χ1v) is 4.28. The quantitative estimate of drug-likeness (QED) is 0.637. The van der Waals surface area contributed by atoms with Crippen molar-refractivity contribution in [1.82, 2.24) is 4.98 Å². The molecule has 0 unspecified atom stereocenters. The van der Waals surface area contributed by atoms with Crippen LogP contribution in [0.15, 0.2) is 6.20 Å². The summed E-state index contributed by atoms with van der Waals surface area (Å²) in [5.41, 5.74) is 4.55. The molecule has 0 radical (unpaired) electrons. The highest BCUT2D eigenvalue weighted by Crippen LogP contribution is 2.29. The number of hydrogen-bond donors (Lipinski definition) is 1. The number of alkyl halides is 2. The summed E-state index contributed by atoms with van der Waals surface area (Å²) in [5, 5.41) is 8.59. The maximum Gasteiger partial charge on any atom is 0.267 e. The van der Waals surface area contributed by atoms with E-state index in [1.54, 1.807) is 28.7 Å². The summed E-state index contributed by atoms with van der Waals surface area (Å²) in [5.74, 6) is 0. The zero-order valence-electron chi connectivity index (χ0n) is 6.26. The lowest BCUT2D eigenvalue weighted by atomic mass is 10.1. The largest absolute Gasteiger partial charge is 0.397 e. The van der Waals surface area contributed by atoms with Gasteiger partial charge in [-0.25, -0.2) is 13.8 Å². The molecule has 0 saturated heterocycles. The molecule has 0 bridgehead atoms. The Labute approximate surface area is 86.7 Å². The molecule has 0 fully saturated rings. The van der Waals surface area contributed by atoms with Gasteiger partial charge in [0, 0.05) is 0 Å². The lowest BCUT2D eigenvalue weighted by Gasteiger charge is -2.06. The molecule has 0 saturated carbocycles. The Hall–Kier alpha value is -0.970. The molecule has 0 aliphatic heterocycles. The van der Waals surface area contributed by atoms with Gasteiger partial charge in [-0.15, -0.1) is 0 Å². The summed E-state index contributed by atoms with van der Waals surface area (Å²) in [6.07, 6.45) is -1.62. The number of nitrogens with zero attached hydrogens (tertiary/aromatic N) is 2. The average molecular weight is 295 g/mol.